The van der Waals surface area contributed by atoms with Gasteiger partial charge in [0.25, 0.3) is 0 Å². The minimum Gasteiger partial charge on any atom is -0.353 e. The molecule has 30 heavy (non-hydrogen) atoms. The molecule has 2 heterocycles. The van der Waals surface area contributed by atoms with Crippen LogP contribution in [0.25, 0.3) is 0 Å². The van der Waals surface area contributed by atoms with E-state index in [1.165, 1.54) is 5.56 Å². The highest BCUT2D eigenvalue weighted by Crippen LogP contribution is 2.41. The van der Waals surface area contributed by atoms with Crippen LogP contribution >= 0.6 is 0 Å². The van der Waals surface area contributed by atoms with E-state index in [0.29, 0.717) is 17.7 Å². The molecule has 2 bridgehead atoms. The van der Waals surface area contributed by atoms with Crippen LogP contribution in [0.3, 0.4) is 0 Å². The van der Waals surface area contributed by atoms with E-state index >= 15 is 0 Å². The Bertz CT molecular complexity index is 993. The molecule has 0 radical (unpaired) electrons. The van der Waals surface area contributed by atoms with Crippen molar-refractivity contribution in [2.45, 2.75) is 74.1 Å². The summed E-state index contributed by atoms with van der Waals surface area (Å²) in [5.41, 5.74) is 2.44. The summed E-state index contributed by atoms with van der Waals surface area (Å²) >= 11 is 0. The molecule has 0 aromatic heterocycles. The Balaban J connectivity index is 1.46. The number of benzene rings is 2. The second-order valence-corrected chi connectivity index (χ2v) is 11.9. The van der Waals surface area contributed by atoms with Crippen molar-refractivity contribution in [3.63, 3.8) is 0 Å². The molecule has 0 saturated carbocycles. The van der Waals surface area contributed by atoms with Crippen molar-refractivity contribution in [3.05, 3.63) is 72.6 Å². The molecule has 2 aromatic carbocycles. The van der Waals surface area contributed by atoms with Crippen molar-refractivity contribution in [1.29, 1.82) is 0 Å². The first-order valence-corrected chi connectivity index (χ1v) is 12.3. The standard InChI is InChI=1S/C25H32N2O2S/c1-18(26-20-12-10-19(11-13-20)25(2,3)4)27-21-14-15-22(27)17-24(16-21)30(28,29)23-8-6-5-7-9-23/h5-13,21-22,24,26H,1,14-17H2,2-4H3/t21-,22?,24?/m1/s1. The summed E-state index contributed by atoms with van der Waals surface area (Å²) in [4.78, 5) is 2.77. The predicted octanol–water partition coefficient (Wildman–Crippen LogP) is 5.34. The molecular formula is C25H32N2O2S. The molecule has 0 spiro atoms. The number of rotatable bonds is 5. The fourth-order valence-corrected chi connectivity index (χ4v) is 6.78. The number of hydrogen-bond donors (Lipinski definition) is 1. The van der Waals surface area contributed by atoms with Gasteiger partial charge in [0.05, 0.1) is 16.0 Å². The summed E-state index contributed by atoms with van der Waals surface area (Å²) in [6.07, 6.45) is 3.37. The monoisotopic (exact) mass is 424 g/mol. The second kappa shape index (κ2) is 7.77. The summed E-state index contributed by atoms with van der Waals surface area (Å²) < 4.78 is 26.3. The summed E-state index contributed by atoms with van der Waals surface area (Å²) in [7, 11) is -3.29. The molecule has 4 nitrogen and oxygen atoms in total. The lowest BCUT2D eigenvalue weighted by Crippen LogP contribution is -2.47. The SMILES string of the molecule is C=C(Nc1ccc(C(C)(C)C)cc1)N1C2CC[C@@H]1CC(S(=O)(=O)c1ccccc1)C2. The van der Waals surface area contributed by atoms with Gasteiger partial charge in [-0.2, -0.15) is 0 Å². The zero-order valence-corrected chi connectivity index (χ0v) is 19.0. The Morgan fingerprint density at radius 2 is 1.53 bits per heavy atom. The van der Waals surface area contributed by atoms with Crippen LogP contribution < -0.4 is 5.32 Å². The van der Waals surface area contributed by atoms with E-state index in [0.717, 1.165) is 24.4 Å². The lowest BCUT2D eigenvalue weighted by atomic mass is 9.87. The fourth-order valence-electron chi connectivity index (χ4n) is 4.91. The van der Waals surface area contributed by atoms with Crippen molar-refractivity contribution >= 4 is 15.5 Å². The van der Waals surface area contributed by atoms with Crippen LogP contribution in [0.4, 0.5) is 5.69 Å². The van der Waals surface area contributed by atoms with Gasteiger partial charge in [-0.3, -0.25) is 0 Å². The molecule has 2 aromatic rings. The third kappa shape index (κ3) is 4.00. The quantitative estimate of drug-likeness (QED) is 0.704. The number of anilines is 1. The van der Waals surface area contributed by atoms with Gasteiger partial charge in [-0.25, -0.2) is 8.42 Å². The van der Waals surface area contributed by atoms with E-state index in [-0.39, 0.29) is 22.7 Å². The van der Waals surface area contributed by atoms with Gasteiger partial charge >= 0.3 is 0 Å². The van der Waals surface area contributed by atoms with Crippen molar-refractivity contribution in [1.82, 2.24) is 4.90 Å². The molecule has 0 amide bonds. The van der Waals surface area contributed by atoms with E-state index < -0.39 is 9.84 Å². The van der Waals surface area contributed by atoms with Gasteiger partial charge in [0, 0.05) is 17.8 Å². The molecule has 1 N–H and O–H groups in total. The van der Waals surface area contributed by atoms with Gasteiger partial charge < -0.3 is 10.2 Å². The minimum atomic E-state index is -3.29. The van der Waals surface area contributed by atoms with E-state index in [2.05, 4.69) is 61.8 Å². The molecule has 5 heteroatoms. The Hall–Kier alpha value is -2.27. The second-order valence-electron chi connectivity index (χ2n) is 9.64. The molecule has 2 fully saturated rings. The van der Waals surface area contributed by atoms with E-state index in [1.54, 1.807) is 24.3 Å². The van der Waals surface area contributed by atoms with Crippen LogP contribution in [0, 0.1) is 0 Å². The molecule has 2 aliphatic heterocycles. The van der Waals surface area contributed by atoms with Crippen LogP contribution in [0.5, 0.6) is 0 Å². The first kappa shape index (κ1) is 21.0. The van der Waals surface area contributed by atoms with Crippen molar-refractivity contribution < 1.29 is 8.42 Å². The number of hydrogen-bond acceptors (Lipinski definition) is 4. The fraction of sp³-hybridized carbons (Fsp3) is 0.440. The molecule has 2 saturated heterocycles. The number of nitrogens with zero attached hydrogens (tertiary/aromatic N) is 1. The molecule has 2 aliphatic rings. The van der Waals surface area contributed by atoms with Crippen molar-refractivity contribution in [2.75, 3.05) is 5.32 Å². The number of piperidine rings is 1. The van der Waals surface area contributed by atoms with E-state index in [4.69, 9.17) is 0 Å². The van der Waals surface area contributed by atoms with Gasteiger partial charge in [0.1, 0.15) is 0 Å². The van der Waals surface area contributed by atoms with Gasteiger partial charge in [-0.1, -0.05) is 57.7 Å². The maximum atomic E-state index is 13.1. The van der Waals surface area contributed by atoms with Crippen LogP contribution in [0.15, 0.2) is 71.9 Å². The highest BCUT2D eigenvalue weighted by atomic mass is 32.2. The Morgan fingerprint density at radius 3 is 2.07 bits per heavy atom. The molecule has 160 valence electrons. The smallest absolute Gasteiger partial charge is 0.181 e. The Morgan fingerprint density at radius 1 is 0.967 bits per heavy atom. The highest BCUT2D eigenvalue weighted by molar-refractivity contribution is 7.92. The average molecular weight is 425 g/mol. The van der Waals surface area contributed by atoms with Gasteiger partial charge in [0.15, 0.2) is 9.84 Å². The number of sulfone groups is 1. The first-order valence-electron chi connectivity index (χ1n) is 10.8. The maximum Gasteiger partial charge on any atom is 0.181 e. The van der Waals surface area contributed by atoms with E-state index in [1.807, 2.05) is 6.07 Å². The number of nitrogens with one attached hydrogen (secondary N) is 1. The Labute approximate surface area is 180 Å². The summed E-state index contributed by atoms with van der Waals surface area (Å²) in [5, 5.41) is 3.15. The summed E-state index contributed by atoms with van der Waals surface area (Å²) in [6.45, 7) is 10.9. The van der Waals surface area contributed by atoms with Crippen LogP contribution in [-0.2, 0) is 15.3 Å². The molecule has 0 aliphatic carbocycles. The average Bonchev–Trinajstić information content (AvgIpc) is 2.98. The van der Waals surface area contributed by atoms with Crippen molar-refractivity contribution in [2.24, 2.45) is 0 Å². The maximum absolute atomic E-state index is 13.1. The normalized spacial score (nSPS) is 24.0. The first-order chi connectivity index (χ1) is 14.2. The summed E-state index contributed by atoms with van der Waals surface area (Å²) in [6, 6.07) is 17.8. The zero-order valence-electron chi connectivity index (χ0n) is 18.1. The van der Waals surface area contributed by atoms with Gasteiger partial charge in [-0.05, 0) is 60.9 Å². The van der Waals surface area contributed by atoms with Crippen molar-refractivity contribution in [3.8, 4) is 0 Å². The summed E-state index contributed by atoms with van der Waals surface area (Å²) in [5.74, 6) is 0.876. The lowest BCUT2D eigenvalue weighted by molar-refractivity contribution is 0.192. The van der Waals surface area contributed by atoms with Gasteiger partial charge in [-0.15, -0.1) is 0 Å². The Kier molecular flexibility index (Phi) is 5.43. The van der Waals surface area contributed by atoms with Gasteiger partial charge in [0.2, 0.25) is 0 Å². The molecule has 3 atom stereocenters. The lowest BCUT2D eigenvalue weighted by Gasteiger charge is -2.41. The molecule has 2 unspecified atom stereocenters. The molecule has 4 rings (SSSR count). The zero-order chi connectivity index (χ0) is 21.5. The predicted molar refractivity (Wildman–Crippen MR) is 123 cm³/mol. The number of fused-ring (bicyclic) bond motifs is 2. The van der Waals surface area contributed by atoms with E-state index in [9.17, 15) is 8.42 Å². The van der Waals surface area contributed by atoms with Crippen LogP contribution in [0.2, 0.25) is 0 Å². The third-order valence-electron chi connectivity index (χ3n) is 6.55. The molecular weight excluding hydrogens is 392 g/mol. The topological polar surface area (TPSA) is 49.4 Å². The minimum absolute atomic E-state index is 0.126. The largest absolute Gasteiger partial charge is 0.353 e. The highest BCUT2D eigenvalue weighted by Gasteiger charge is 2.45. The third-order valence-corrected chi connectivity index (χ3v) is 8.74. The van der Waals surface area contributed by atoms with Crippen LogP contribution in [-0.4, -0.2) is 30.7 Å². The van der Waals surface area contributed by atoms with Crippen LogP contribution in [0.1, 0.15) is 52.0 Å².